The fourth-order valence-corrected chi connectivity index (χ4v) is 1.58. The van der Waals surface area contributed by atoms with Crippen molar-refractivity contribution >= 4 is 22.3 Å². The van der Waals surface area contributed by atoms with E-state index in [0.717, 1.165) is 0 Å². The maximum atomic E-state index is 11.2. The smallest absolute Gasteiger partial charge is 0.341 e. The quantitative estimate of drug-likeness (QED) is 0.753. The Bertz CT molecular complexity index is 308. The average molecular weight is 201 g/mol. The molecule has 0 aliphatic carbocycles. The second-order valence-corrected chi connectivity index (χ2v) is 3.31. The molecule has 1 aromatic rings. The lowest BCUT2D eigenvalue weighted by molar-refractivity contribution is 0.0528. The van der Waals surface area contributed by atoms with Crippen molar-refractivity contribution in [2.24, 2.45) is 0 Å². The molecule has 4 nitrogen and oxygen atoms in total. The number of methoxy groups -OCH3 is 1. The molecular formula is C8H11NO3S. The van der Waals surface area contributed by atoms with Gasteiger partial charge < -0.3 is 15.2 Å². The first-order valence-electron chi connectivity index (χ1n) is 3.79. The average Bonchev–Trinajstić information content (AvgIpc) is 2.47. The van der Waals surface area contributed by atoms with E-state index in [1.807, 2.05) is 0 Å². The topological polar surface area (TPSA) is 61.5 Å². The summed E-state index contributed by atoms with van der Waals surface area (Å²) in [6.45, 7) is 2.09. The van der Waals surface area contributed by atoms with Crippen LogP contribution in [0.25, 0.3) is 0 Å². The minimum atomic E-state index is -0.403. The minimum absolute atomic E-state index is 0.344. The van der Waals surface area contributed by atoms with Crippen LogP contribution in [0.15, 0.2) is 6.07 Å². The summed E-state index contributed by atoms with van der Waals surface area (Å²) < 4.78 is 9.73. The predicted molar refractivity (Wildman–Crippen MR) is 51.2 cm³/mol. The van der Waals surface area contributed by atoms with Gasteiger partial charge in [0, 0.05) is 6.07 Å². The number of carbonyl (C=O) groups is 1. The molecule has 0 saturated heterocycles. The lowest BCUT2D eigenvalue weighted by atomic mass is 10.3. The number of nitrogens with two attached hydrogens (primary N) is 1. The van der Waals surface area contributed by atoms with E-state index < -0.39 is 5.97 Å². The zero-order valence-electron chi connectivity index (χ0n) is 7.49. The number of ether oxygens (including phenoxy) is 2. The predicted octanol–water partition coefficient (Wildman–Crippen LogP) is 1.52. The van der Waals surface area contributed by atoms with Crippen molar-refractivity contribution in [2.45, 2.75) is 6.92 Å². The summed E-state index contributed by atoms with van der Waals surface area (Å²) in [6, 6.07) is 1.58. The first-order chi connectivity index (χ1) is 6.19. The molecule has 2 N–H and O–H groups in total. The molecule has 72 valence electrons. The maximum absolute atomic E-state index is 11.2. The third-order valence-corrected chi connectivity index (χ3v) is 2.36. The van der Waals surface area contributed by atoms with E-state index in [0.29, 0.717) is 22.2 Å². The molecule has 0 aromatic carbocycles. The van der Waals surface area contributed by atoms with Gasteiger partial charge in [0.25, 0.3) is 0 Å². The van der Waals surface area contributed by atoms with Gasteiger partial charge in [-0.1, -0.05) is 11.3 Å². The monoisotopic (exact) mass is 201 g/mol. The normalized spacial score (nSPS) is 9.69. The van der Waals surface area contributed by atoms with Crippen molar-refractivity contribution in [1.29, 1.82) is 0 Å². The van der Waals surface area contributed by atoms with Gasteiger partial charge in [0.1, 0.15) is 5.00 Å². The Labute approximate surface area is 80.3 Å². The summed E-state index contributed by atoms with van der Waals surface area (Å²) in [7, 11) is 1.53. The molecule has 0 bridgehead atoms. The molecule has 0 fully saturated rings. The van der Waals surface area contributed by atoms with Crippen molar-refractivity contribution in [3.8, 4) is 5.06 Å². The molecule has 0 saturated carbocycles. The standard InChI is InChI=1S/C8H11NO3S/c1-3-12-8(10)5-4-6(11-2)13-7(5)9/h4H,3,9H2,1-2H3. The molecule has 0 atom stereocenters. The third kappa shape index (κ3) is 2.12. The van der Waals surface area contributed by atoms with Crippen molar-refractivity contribution in [1.82, 2.24) is 0 Å². The molecular weight excluding hydrogens is 190 g/mol. The molecule has 5 heteroatoms. The largest absolute Gasteiger partial charge is 0.487 e. The highest BCUT2D eigenvalue weighted by atomic mass is 32.1. The molecule has 1 heterocycles. The van der Waals surface area contributed by atoms with Crippen molar-refractivity contribution in [3.05, 3.63) is 11.6 Å². The van der Waals surface area contributed by atoms with E-state index >= 15 is 0 Å². The Morgan fingerprint density at radius 3 is 2.85 bits per heavy atom. The highest BCUT2D eigenvalue weighted by Gasteiger charge is 2.14. The number of hydrogen-bond donors (Lipinski definition) is 1. The van der Waals surface area contributed by atoms with Crippen LogP contribution in [0.3, 0.4) is 0 Å². The van der Waals surface area contributed by atoms with Gasteiger partial charge >= 0.3 is 5.97 Å². The van der Waals surface area contributed by atoms with Gasteiger partial charge in [0.15, 0.2) is 5.06 Å². The van der Waals surface area contributed by atoms with E-state index in [1.54, 1.807) is 13.0 Å². The number of thiophene rings is 1. The van der Waals surface area contributed by atoms with E-state index in [9.17, 15) is 4.79 Å². The zero-order chi connectivity index (χ0) is 9.84. The van der Waals surface area contributed by atoms with Gasteiger partial charge in [-0.2, -0.15) is 0 Å². The summed E-state index contributed by atoms with van der Waals surface area (Å²) in [5, 5.41) is 1.04. The van der Waals surface area contributed by atoms with E-state index in [-0.39, 0.29) is 0 Å². The molecule has 1 rings (SSSR count). The van der Waals surface area contributed by atoms with Gasteiger partial charge in [0.05, 0.1) is 19.3 Å². The second kappa shape index (κ2) is 4.13. The summed E-state index contributed by atoms with van der Waals surface area (Å²) >= 11 is 1.22. The molecule has 0 aliphatic rings. The Kier molecular flexibility index (Phi) is 3.13. The molecule has 1 aromatic heterocycles. The fourth-order valence-electron chi connectivity index (χ4n) is 0.851. The Morgan fingerprint density at radius 1 is 1.69 bits per heavy atom. The van der Waals surface area contributed by atoms with Gasteiger partial charge in [-0.3, -0.25) is 0 Å². The Balaban J connectivity index is 2.87. The van der Waals surface area contributed by atoms with Gasteiger partial charge in [-0.05, 0) is 6.92 Å². The van der Waals surface area contributed by atoms with E-state index in [4.69, 9.17) is 15.2 Å². The van der Waals surface area contributed by atoms with Crippen LogP contribution in [0.2, 0.25) is 0 Å². The number of carbonyl (C=O) groups excluding carboxylic acids is 1. The highest BCUT2D eigenvalue weighted by molar-refractivity contribution is 7.18. The maximum Gasteiger partial charge on any atom is 0.341 e. The lowest BCUT2D eigenvalue weighted by Crippen LogP contribution is -2.05. The van der Waals surface area contributed by atoms with Crippen molar-refractivity contribution in [3.63, 3.8) is 0 Å². The first kappa shape index (κ1) is 9.85. The van der Waals surface area contributed by atoms with Crippen molar-refractivity contribution < 1.29 is 14.3 Å². The van der Waals surface area contributed by atoms with E-state index in [2.05, 4.69) is 0 Å². The van der Waals surface area contributed by atoms with Crippen molar-refractivity contribution in [2.75, 3.05) is 19.5 Å². The van der Waals surface area contributed by atoms with Crippen LogP contribution in [0.1, 0.15) is 17.3 Å². The molecule has 0 radical (unpaired) electrons. The van der Waals surface area contributed by atoms with E-state index in [1.165, 1.54) is 18.4 Å². The van der Waals surface area contributed by atoms with Crippen LogP contribution in [0.4, 0.5) is 5.00 Å². The lowest BCUT2D eigenvalue weighted by Gasteiger charge is -1.98. The second-order valence-electron chi connectivity index (χ2n) is 2.27. The number of nitrogen functional groups attached to an aromatic ring is 1. The summed E-state index contributed by atoms with van der Waals surface area (Å²) in [4.78, 5) is 11.2. The number of hydrogen-bond acceptors (Lipinski definition) is 5. The summed E-state index contributed by atoms with van der Waals surface area (Å²) in [6.07, 6.45) is 0. The van der Waals surface area contributed by atoms with Gasteiger partial charge in [0.2, 0.25) is 0 Å². The van der Waals surface area contributed by atoms with Crippen LogP contribution in [-0.4, -0.2) is 19.7 Å². The Hall–Kier alpha value is -1.23. The summed E-state index contributed by atoms with van der Waals surface area (Å²) in [5.74, 6) is -0.403. The molecule has 0 unspecified atom stereocenters. The number of anilines is 1. The number of esters is 1. The number of rotatable bonds is 3. The summed E-state index contributed by atoms with van der Waals surface area (Å²) in [5.41, 5.74) is 5.96. The van der Waals surface area contributed by atoms with Crippen LogP contribution < -0.4 is 10.5 Å². The molecule has 0 aliphatic heterocycles. The van der Waals surface area contributed by atoms with Crippen LogP contribution in [0.5, 0.6) is 5.06 Å². The zero-order valence-corrected chi connectivity index (χ0v) is 8.31. The van der Waals surface area contributed by atoms with Gasteiger partial charge in [-0.15, -0.1) is 0 Å². The molecule has 0 amide bonds. The van der Waals surface area contributed by atoms with Crippen LogP contribution in [0, 0.1) is 0 Å². The third-order valence-electron chi connectivity index (χ3n) is 1.43. The first-order valence-corrected chi connectivity index (χ1v) is 4.61. The Morgan fingerprint density at radius 2 is 2.38 bits per heavy atom. The minimum Gasteiger partial charge on any atom is -0.487 e. The SMILES string of the molecule is CCOC(=O)c1cc(OC)sc1N. The highest BCUT2D eigenvalue weighted by Crippen LogP contribution is 2.31. The van der Waals surface area contributed by atoms with Gasteiger partial charge in [-0.25, -0.2) is 4.79 Å². The van der Waals surface area contributed by atoms with Crippen LogP contribution >= 0.6 is 11.3 Å². The fraction of sp³-hybridized carbons (Fsp3) is 0.375. The molecule has 0 spiro atoms. The molecule has 13 heavy (non-hydrogen) atoms. The van der Waals surface area contributed by atoms with Crippen LogP contribution in [-0.2, 0) is 4.74 Å².